The highest BCUT2D eigenvalue weighted by molar-refractivity contribution is 6.51. The van der Waals surface area contributed by atoms with Crippen LogP contribution in [0.15, 0.2) is 46.6 Å². The number of nitrogens with one attached hydrogen (secondary N) is 1. The maximum Gasteiger partial charge on any atom is 0.301 e. The number of aromatic amines is 1. The third kappa shape index (κ3) is 2.97. The van der Waals surface area contributed by atoms with Gasteiger partial charge in [0.25, 0.3) is 5.78 Å². The topological polar surface area (TPSA) is 109 Å². The number of carbonyl (C=O) groups is 2. The molecule has 1 fully saturated rings. The van der Waals surface area contributed by atoms with Crippen LogP contribution in [-0.2, 0) is 9.59 Å². The number of benzene rings is 1. The minimum atomic E-state index is -0.890. The minimum Gasteiger partial charge on any atom is -0.507 e. The molecule has 0 bridgehead atoms. The summed E-state index contributed by atoms with van der Waals surface area (Å²) < 4.78 is 10.4. The second-order valence-corrected chi connectivity index (χ2v) is 7.21. The maximum atomic E-state index is 13.1. The van der Waals surface area contributed by atoms with Crippen LogP contribution in [0.4, 0.5) is 5.82 Å². The number of aryl methyl sites for hydroxylation is 3. The molecule has 0 saturated carbocycles. The number of aromatic nitrogens is 2. The predicted molar refractivity (Wildman–Crippen MR) is 109 cm³/mol. The van der Waals surface area contributed by atoms with Crippen molar-refractivity contribution in [2.75, 3.05) is 12.0 Å². The Morgan fingerprint density at radius 1 is 1.23 bits per heavy atom. The van der Waals surface area contributed by atoms with Gasteiger partial charge in [-0.1, -0.05) is 17.3 Å². The number of nitrogens with zero attached hydrogens (tertiary/aromatic N) is 2. The summed E-state index contributed by atoms with van der Waals surface area (Å²) in [6.07, 6.45) is 1.74. The predicted octanol–water partition coefficient (Wildman–Crippen LogP) is 3.56. The van der Waals surface area contributed by atoms with Crippen molar-refractivity contribution in [3.8, 4) is 5.75 Å². The molecule has 8 heteroatoms. The van der Waals surface area contributed by atoms with Crippen LogP contribution in [0.3, 0.4) is 0 Å². The molecule has 0 radical (unpaired) electrons. The van der Waals surface area contributed by atoms with Gasteiger partial charge in [-0.2, -0.15) is 0 Å². The van der Waals surface area contributed by atoms with Crippen LogP contribution >= 0.6 is 0 Å². The molecule has 1 aliphatic rings. The van der Waals surface area contributed by atoms with Crippen LogP contribution in [0.5, 0.6) is 5.75 Å². The van der Waals surface area contributed by atoms with Gasteiger partial charge >= 0.3 is 5.91 Å². The lowest BCUT2D eigenvalue weighted by atomic mass is 9.94. The second kappa shape index (κ2) is 7.22. The molecule has 1 aliphatic heterocycles. The van der Waals surface area contributed by atoms with E-state index in [9.17, 15) is 14.7 Å². The largest absolute Gasteiger partial charge is 0.507 e. The monoisotopic (exact) mass is 407 g/mol. The molecule has 2 aromatic heterocycles. The van der Waals surface area contributed by atoms with Crippen molar-refractivity contribution in [1.29, 1.82) is 0 Å². The van der Waals surface area contributed by atoms with Crippen LogP contribution in [0, 0.1) is 20.8 Å². The standard InChI is InChI=1S/C22H21N3O5/c1-11-10-23-13(3)17(11)20(26)18-19(14-6-5-7-15(9-14)29-4)25(22(28)21(18)27)16-8-12(2)30-24-16/h5-10,19,23,26H,1-4H3/b20-18+. The molecular formula is C22H21N3O5. The molecule has 2 N–H and O–H groups in total. The van der Waals surface area contributed by atoms with Gasteiger partial charge in [0.1, 0.15) is 17.3 Å². The Balaban J connectivity index is 1.99. The number of carbonyl (C=O) groups excluding carboxylic acids is 2. The van der Waals surface area contributed by atoms with E-state index in [0.29, 0.717) is 28.3 Å². The van der Waals surface area contributed by atoms with Gasteiger partial charge in [-0.15, -0.1) is 0 Å². The average Bonchev–Trinajstić information content (AvgIpc) is 3.38. The number of aliphatic hydroxyl groups excluding tert-OH is 1. The number of Topliss-reactive ketones (excluding diaryl/α,β-unsaturated/α-hetero) is 1. The fraction of sp³-hybridized carbons (Fsp3) is 0.227. The first kappa shape index (κ1) is 19.5. The average molecular weight is 407 g/mol. The number of hydrogen-bond donors (Lipinski definition) is 2. The quantitative estimate of drug-likeness (QED) is 0.389. The highest BCUT2D eigenvalue weighted by Gasteiger charge is 2.48. The van der Waals surface area contributed by atoms with Crippen molar-refractivity contribution in [2.24, 2.45) is 0 Å². The van der Waals surface area contributed by atoms with E-state index in [1.807, 2.05) is 6.92 Å². The molecule has 1 atom stereocenters. The lowest BCUT2D eigenvalue weighted by molar-refractivity contribution is -0.132. The fourth-order valence-corrected chi connectivity index (χ4v) is 3.82. The molecule has 0 spiro atoms. The maximum absolute atomic E-state index is 13.1. The summed E-state index contributed by atoms with van der Waals surface area (Å²) in [5, 5.41) is 15.1. The molecule has 30 heavy (non-hydrogen) atoms. The molecule has 3 aromatic rings. The summed E-state index contributed by atoms with van der Waals surface area (Å²) in [6, 6.07) is 7.69. The number of ketones is 1. The van der Waals surface area contributed by atoms with E-state index >= 15 is 0 Å². The zero-order valence-electron chi connectivity index (χ0n) is 17.0. The summed E-state index contributed by atoms with van der Waals surface area (Å²) in [5.74, 6) is -0.564. The van der Waals surface area contributed by atoms with Crippen LogP contribution in [-0.4, -0.2) is 34.0 Å². The summed E-state index contributed by atoms with van der Waals surface area (Å²) in [5.41, 5.74) is 2.54. The van der Waals surface area contributed by atoms with Crippen molar-refractivity contribution in [3.63, 3.8) is 0 Å². The van der Waals surface area contributed by atoms with Crippen LogP contribution in [0.2, 0.25) is 0 Å². The third-order valence-corrected chi connectivity index (χ3v) is 5.23. The number of ether oxygens (including phenoxy) is 1. The Labute approximate surface area is 172 Å². The van der Waals surface area contributed by atoms with E-state index < -0.39 is 17.7 Å². The number of H-pyrrole nitrogens is 1. The van der Waals surface area contributed by atoms with Crippen molar-refractivity contribution in [3.05, 3.63) is 70.2 Å². The normalized spacial score (nSPS) is 18.3. The zero-order chi connectivity index (χ0) is 21.6. The minimum absolute atomic E-state index is 0.0142. The molecule has 1 amide bonds. The Kier molecular flexibility index (Phi) is 4.69. The third-order valence-electron chi connectivity index (χ3n) is 5.23. The molecule has 1 unspecified atom stereocenters. The van der Waals surface area contributed by atoms with E-state index in [1.54, 1.807) is 50.4 Å². The van der Waals surface area contributed by atoms with Crippen molar-refractivity contribution >= 4 is 23.3 Å². The molecule has 3 heterocycles. The molecule has 4 rings (SSSR count). The van der Waals surface area contributed by atoms with E-state index in [0.717, 1.165) is 5.56 Å². The number of anilines is 1. The lowest BCUT2D eigenvalue weighted by Gasteiger charge is -2.23. The van der Waals surface area contributed by atoms with Gasteiger partial charge in [0, 0.05) is 23.5 Å². The van der Waals surface area contributed by atoms with Crippen LogP contribution in [0.25, 0.3) is 5.76 Å². The number of aliphatic hydroxyl groups is 1. The van der Waals surface area contributed by atoms with Crippen LogP contribution in [0.1, 0.15) is 34.2 Å². The SMILES string of the molecule is COc1cccc(C2/C(=C(\O)c3c(C)c[nH]c3C)C(=O)C(=O)N2c2cc(C)on2)c1. The Bertz CT molecular complexity index is 1170. The van der Waals surface area contributed by atoms with Crippen molar-refractivity contribution in [1.82, 2.24) is 10.1 Å². The number of hydrogen-bond acceptors (Lipinski definition) is 6. The Hall–Kier alpha value is -3.81. The first-order valence-electron chi connectivity index (χ1n) is 9.36. The van der Waals surface area contributed by atoms with Crippen molar-refractivity contribution in [2.45, 2.75) is 26.8 Å². The van der Waals surface area contributed by atoms with Gasteiger partial charge in [0.15, 0.2) is 5.82 Å². The van der Waals surface area contributed by atoms with Gasteiger partial charge in [0.05, 0.1) is 18.7 Å². The summed E-state index contributed by atoms with van der Waals surface area (Å²) in [7, 11) is 1.53. The molecule has 1 saturated heterocycles. The van der Waals surface area contributed by atoms with E-state index in [-0.39, 0.29) is 17.2 Å². The second-order valence-electron chi connectivity index (χ2n) is 7.21. The first-order chi connectivity index (χ1) is 14.3. The van der Waals surface area contributed by atoms with E-state index in [2.05, 4.69) is 10.1 Å². The first-order valence-corrected chi connectivity index (χ1v) is 9.36. The highest BCUT2D eigenvalue weighted by atomic mass is 16.5. The number of methoxy groups -OCH3 is 1. The lowest BCUT2D eigenvalue weighted by Crippen LogP contribution is -2.29. The van der Waals surface area contributed by atoms with Gasteiger partial charge in [-0.25, -0.2) is 0 Å². The zero-order valence-corrected chi connectivity index (χ0v) is 17.0. The highest BCUT2D eigenvalue weighted by Crippen LogP contribution is 2.43. The van der Waals surface area contributed by atoms with Gasteiger partial charge in [0.2, 0.25) is 0 Å². The van der Waals surface area contributed by atoms with Crippen LogP contribution < -0.4 is 9.64 Å². The molecule has 0 aliphatic carbocycles. The summed E-state index contributed by atoms with van der Waals surface area (Å²) >= 11 is 0. The summed E-state index contributed by atoms with van der Waals surface area (Å²) in [4.78, 5) is 30.4. The molecule has 154 valence electrons. The number of rotatable bonds is 4. The Morgan fingerprint density at radius 3 is 2.60 bits per heavy atom. The van der Waals surface area contributed by atoms with E-state index in [4.69, 9.17) is 9.26 Å². The van der Waals surface area contributed by atoms with E-state index in [1.165, 1.54) is 12.0 Å². The van der Waals surface area contributed by atoms with Gasteiger partial charge in [-0.3, -0.25) is 14.5 Å². The molecular weight excluding hydrogens is 386 g/mol. The van der Waals surface area contributed by atoms with Crippen molar-refractivity contribution < 1.29 is 24.0 Å². The summed E-state index contributed by atoms with van der Waals surface area (Å²) in [6.45, 7) is 5.30. The smallest absolute Gasteiger partial charge is 0.301 e. The Morgan fingerprint density at radius 2 is 2.00 bits per heavy atom. The molecule has 1 aromatic carbocycles. The molecule has 8 nitrogen and oxygen atoms in total. The van der Waals surface area contributed by atoms with Gasteiger partial charge in [-0.05, 0) is 44.0 Å². The fourth-order valence-electron chi connectivity index (χ4n) is 3.82. The number of amides is 1. The van der Waals surface area contributed by atoms with Gasteiger partial charge < -0.3 is 19.4 Å².